The summed E-state index contributed by atoms with van der Waals surface area (Å²) in [7, 11) is 0. The van der Waals surface area contributed by atoms with Crippen LogP contribution in [0.5, 0.6) is 0 Å². The Morgan fingerprint density at radius 1 is 1.23 bits per heavy atom. The van der Waals surface area contributed by atoms with E-state index in [0.29, 0.717) is 4.47 Å². The Balaban J connectivity index is 0.000000980. The first-order chi connectivity index (χ1) is 10.4. The third-order valence-electron chi connectivity index (χ3n) is 3.44. The van der Waals surface area contributed by atoms with Crippen molar-refractivity contribution in [3.05, 3.63) is 34.1 Å². The Hall–Kier alpha value is -0.900. The van der Waals surface area contributed by atoms with Gasteiger partial charge in [-0.25, -0.2) is 4.39 Å². The van der Waals surface area contributed by atoms with Crippen molar-refractivity contribution >= 4 is 21.8 Å². The first-order valence-electron chi connectivity index (χ1n) is 8.10. The fraction of sp³-hybridized carbons (Fsp3) is 0.611. The Morgan fingerprint density at radius 3 is 2.14 bits per heavy atom. The minimum atomic E-state index is -0.333. The highest BCUT2D eigenvalue weighted by Crippen LogP contribution is 2.24. The van der Waals surface area contributed by atoms with Crippen molar-refractivity contribution in [2.45, 2.75) is 65.7 Å². The van der Waals surface area contributed by atoms with E-state index in [1.54, 1.807) is 6.07 Å². The van der Waals surface area contributed by atoms with Crippen molar-refractivity contribution in [1.82, 2.24) is 0 Å². The Kier molecular flexibility index (Phi) is 12.1. The van der Waals surface area contributed by atoms with Crippen LogP contribution in [0.25, 0.3) is 0 Å². The van der Waals surface area contributed by atoms with Crippen LogP contribution in [0.3, 0.4) is 0 Å². The lowest BCUT2D eigenvalue weighted by molar-refractivity contribution is -0.115. The van der Waals surface area contributed by atoms with Crippen LogP contribution in [0.2, 0.25) is 0 Å². The molecule has 0 fully saturated rings. The fourth-order valence-corrected chi connectivity index (χ4v) is 2.76. The summed E-state index contributed by atoms with van der Waals surface area (Å²) in [5, 5.41) is 0. The molecule has 0 saturated carbocycles. The van der Waals surface area contributed by atoms with Gasteiger partial charge in [0.1, 0.15) is 5.82 Å². The summed E-state index contributed by atoms with van der Waals surface area (Å²) in [6.07, 6.45) is 8.80. The third-order valence-corrected chi connectivity index (χ3v) is 4.05. The predicted molar refractivity (Wildman–Crippen MR) is 95.2 cm³/mol. The lowest BCUT2D eigenvalue weighted by atomic mass is 9.90. The van der Waals surface area contributed by atoms with Gasteiger partial charge in [-0.15, -0.1) is 0 Å². The standard InChI is InChI=1S/C16H24BrF.C2H5NO/c1-3-5-7-13(8-6-4-2)11-14-9-10-16(18)15(17)12-14;1-2(3)4/h9-10,12-13H,3-8,11H2,1-2H3;1H3,(H2,3,4). The number of unbranched alkanes of at least 4 members (excludes halogenated alkanes) is 2. The molecule has 0 spiro atoms. The van der Waals surface area contributed by atoms with E-state index >= 15 is 0 Å². The summed E-state index contributed by atoms with van der Waals surface area (Å²) in [4.78, 5) is 9.22. The molecule has 0 aliphatic heterocycles. The quantitative estimate of drug-likeness (QED) is 0.631. The number of rotatable bonds is 8. The summed E-state index contributed by atoms with van der Waals surface area (Å²) in [5.41, 5.74) is 5.72. The maximum Gasteiger partial charge on any atom is 0.214 e. The molecule has 0 unspecified atom stereocenters. The summed E-state index contributed by atoms with van der Waals surface area (Å²) in [6, 6.07) is 5.42. The number of nitrogens with two attached hydrogens (primary N) is 1. The molecule has 1 aromatic carbocycles. The third kappa shape index (κ3) is 10.8. The second-order valence-electron chi connectivity index (χ2n) is 5.71. The average molecular weight is 374 g/mol. The summed E-state index contributed by atoms with van der Waals surface area (Å²) in [6.45, 7) is 5.79. The van der Waals surface area contributed by atoms with Crippen LogP contribution >= 0.6 is 15.9 Å². The van der Waals surface area contributed by atoms with Gasteiger partial charge < -0.3 is 5.73 Å². The highest BCUT2D eigenvalue weighted by atomic mass is 79.9. The number of hydrogen-bond donors (Lipinski definition) is 1. The Labute approximate surface area is 142 Å². The molecule has 2 nitrogen and oxygen atoms in total. The first-order valence-corrected chi connectivity index (χ1v) is 8.89. The molecule has 0 saturated heterocycles. The van der Waals surface area contributed by atoms with Crippen LogP contribution in [0.4, 0.5) is 4.39 Å². The molecule has 2 N–H and O–H groups in total. The van der Waals surface area contributed by atoms with Gasteiger partial charge in [-0.2, -0.15) is 0 Å². The Morgan fingerprint density at radius 2 is 1.73 bits per heavy atom. The molecular weight excluding hydrogens is 345 g/mol. The zero-order valence-corrected chi connectivity index (χ0v) is 15.6. The number of amides is 1. The van der Waals surface area contributed by atoms with Crippen LogP contribution in [0, 0.1) is 11.7 Å². The molecule has 22 heavy (non-hydrogen) atoms. The highest BCUT2D eigenvalue weighted by molar-refractivity contribution is 9.10. The molecule has 1 amide bonds. The largest absolute Gasteiger partial charge is 0.370 e. The smallest absolute Gasteiger partial charge is 0.214 e. The van der Waals surface area contributed by atoms with Crippen LogP contribution in [-0.4, -0.2) is 5.91 Å². The van der Waals surface area contributed by atoms with Crippen molar-refractivity contribution in [2.24, 2.45) is 11.7 Å². The van der Waals surface area contributed by atoms with E-state index in [4.69, 9.17) is 0 Å². The molecule has 0 radical (unpaired) electrons. The van der Waals surface area contributed by atoms with Crippen molar-refractivity contribution < 1.29 is 9.18 Å². The molecule has 0 aliphatic rings. The van der Waals surface area contributed by atoms with Crippen LogP contribution in [-0.2, 0) is 11.2 Å². The second kappa shape index (κ2) is 12.6. The van der Waals surface area contributed by atoms with Crippen molar-refractivity contribution in [3.63, 3.8) is 0 Å². The molecule has 1 rings (SSSR count). The summed E-state index contributed by atoms with van der Waals surface area (Å²) < 4.78 is 13.8. The van der Waals surface area contributed by atoms with Gasteiger partial charge in [0.25, 0.3) is 0 Å². The molecule has 0 aliphatic carbocycles. The molecule has 4 heteroatoms. The average Bonchev–Trinajstić information content (AvgIpc) is 2.45. The maximum atomic E-state index is 13.2. The van der Waals surface area contributed by atoms with Crippen LogP contribution < -0.4 is 5.73 Å². The lowest BCUT2D eigenvalue weighted by Gasteiger charge is -2.16. The van der Waals surface area contributed by atoms with E-state index in [1.165, 1.54) is 51.0 Å². The number of carbonyl (C=O) groups excluding carboxylic acids is 1. The summed E-state index contributed by atoms with van der Waals surface area (Å²) >= 11 is 3.27. The van der Waals surface area contributed by atoms with E-state index in [-0.39, 0.29) is 11.7 Å². The van der Waals surface area contributed by atoms with E-state index in [9.17, 15) is 9.18 Å². The molecule has 0 atom stereocenters. The minimum Gasteiger partial charge on any atom is -0.370 e. The first kappa shape index (κ1) is 21.1. The highest BCUT2D eigenvalue weighted by Gasteiger charge is 2.10. The Bertz CT molecular complexity index is 425. The lowest BCUT2D eigenvalue weighted by Crippen LogP contribution is -2.05. The van der Waals surface area contributed by atoms with E-state index < -0.39 is 0 Å². The van der Waals surface area contributed by atoms with Crippen molar-refractivity contribution in [1.29, 1.82) is 0 Å². The number of hydrogen-bond acceptors (Lipinski definition) is 1. The van der Waals surface area contributed by atoms with Crippen molar-refractivity contribution in [3.8, 4) is 0 Å². The van der Waals surface area contributed by atoms with Gasteiger partial charge in [-0.05, 0) is 46.0 Å². The van der Waals surface area contributed by atoms with Crippen LogP contribution in [0.1, 0.15) is 64.9 Å². The van der Waals surface area contributed by atoms with Crippen molar-refractivity contribution in [2.75, 3.05) is 0 Å². The van der Waals surface area contributed by atoms with Gasteiger partial charge in [-0.3, -0.25) is 4.79 Å². The zero-order valence-electron chi connectivity index (χ0n) is 14.0. The molecule has 1 aromatic rings. The second-order valence-corrected chi connectivity index (χ2v) is 6.57. The topological polar surface area (TPSA) is 43.1 Å². The van der Waals surface area contributed by atoms with E-state index in [0.717, 1.165) is 12.3 Å². The van der Waals surface area contributed by atoms with Gasteiger partial charge >= 0.3 is 0 Å². The van der Waals surface area contributed by atoms with Gasteiger partial charge in [0.2, 0.25) is 5.91 Å². The minimum absolute atomic E-state index is 0.169. The monoisotopic (exact) mass is 373 g/mol. The zero-order chi connectivity index (χ0) is 17.0. The molecule has 0 aromatic heterocycles. The van der Waals surface area contributed by atoms with Gasteiger partial charge in [0, 0.05) is 6.92 Å². The van der Waals surface area contributed by atoms with E-state index in [2.05, 4.69) is 35.5 Å². The molecule has 126 valence electrons. The molecular formula is C18H29BrFNO. The number of benzene rings is 1. The van der Waals surface area contributed by atoms with E-state index in [1.807, 2.05) is 12.1 Å². The predicted octanol–water partition coefficient (Wildman–Crippen LogP) is 5.62. The number of primary amides is 1. The fourth-order valence-electron chi connectivity index (χ4n) is 2.33. The van der Waals surface area contributed by atoms with Gasteiger partial charge in [0.05, 0.1) is 4.47 Å². The van der Waals surface area contributed by atoms with Gasteiger partial charge in [0.15, 0.2) is 0 Å². The molecule has 0 heterocycles. The maximum absolute atomic E-state index is 13.2. The normalized spacial score (nSPS) is 10.3. The number of carbonyl (C=O) groups is 1. The molecule has 0 bridgehead atoms. The van der Waals surface area contributed by atoms with Crippen LogP contribution in [0.15, 0.2) is 22.7 Å². The number of halogens is 2. The summed E-state index contributed by atoms with van der Waals surface area (Å²) in [5.74, 6) is 0.250. The SMILES string of the molecule is CC(N)=O.CCCCC(CCCC)Cc1ccc(F)c(Br)c1. The van der Waals surface area contributed by atoms with Gasteiger partial charge in [-0.1, -0.05) is 58.4 Å².